The molecule has 0 saturated heterocycles. The molecule has 1 aromatic carbocycles. The highest BCUT2D eigenvalue weighted by Crippen LogP contribution is 2.09. The van der Waals surface area contributed by atoms with Gasteiger partial charge in [-0.3, -0.25) is 0 Å². The molecular formula is C16H27NO3. The largest absolute Gasteiger partial charge is 0.389 e. The van der Waals surface area contributed by atoms with E-state index in [9.17, 15) is 10.2 Å². The van der Waals surface area contributed by atoms with Gasteiger partial charge in [-0.25, -0.2) is 0 Å². The number of rotatable bonds is 10. The molecule has 1 rings (SSSR count). The maximum Gasteiger partial charge on any atom is 0.0897 e. The summed E-state index contributed by atoms with van der Waals surface area (Å²) in [7, 11) is 0. The van der Waals surface area contributed by atoms with Crippen LogP contribution in [0.5, 0.6) is 0 Å². The molecular weight excluding hydrogens is 254 g/mol. The standard InChI is InChI=1S/C16H27NO3/c1-3-9-16(2,19)13-17-10-15(18)12-20-11-14-7-5-4-6-8-14/h4-8,15,17-19H,3,9-13H2,1-2H3. The molecule has 0 amide bonds. The lowest BCUT2D eigenvalue weighted by atomic mass is 10.0. The summed E-state index contributed by atoms with van der Waals surface area (Å²) in [6.07, 6.45) is 1.13. The molecule has 0 spiro atoms. The molecule has 0 saturated carbocycles. The Balaban J connectivity index is 2.10. The van der Waals surface area contributed by atoms with E-state index in [0.717, 1.165) is 18.4 Å². The smallest absolute Gasteiger partial charge is 0.0897 e. The minimum Gasteiger partial charge on any atom is -0.389 e. The molecule has 0 heterocycles. The Hall–Kier alpha value is -0.940. The van der Waals surface area contributed by atoms with Crippen LogP contribution in [0.25, 0.3) is 0 Å². The molecule has 4 nitrogen and oxygen atoms in total. The summed E-state index contributed by atoms with van der Waals surface area (Å²) in [4.78, 5) is 0. The van der Waals surface area contributed by atoms with Crippen molar-refractivity contribution < 1.29 is 14.9 Å². The Morgan fingerprint density at radius 1 is 1.30 bits per heavy atom. The van der Waals surface area contributed by atoms with Crippen LogP contribution < -0.4 is 5.32 Å². The van der Waals surface area contributed by atoms with E-state index in [1.165, 1.54) is 0 Å². The summed E-state index contributed by atoms with van der Waals surface area (Å²) in [6, 6.07) is 9.88. The Kier molecular flexibility index (Phi) is 7.77. The highest BCUT2D eigenvalue weighted by atomic mass is 16.5. The second kappa shape index (κ2) is 9.08. The normalized spacial score (nSPS) is 15.8. The van der Waals surface area contributed by atoms with Crippen molar-refractivity contribution >= 4 is 0 Å². The van der Waals surface area contributed by atoms with Crippen molar-refractivity contribution in [3.05, 3.63) is 35.9 Å². The number of hydrogen-bond acceptors (Lipinski definition) is 4. The second-order valence-corrected chi connectivity index (χ2v) is 5.53. The fourth-order valence-corrected chi connectivity index (χ4v) is 2.08. The SMILES string of the molecule is CCCC(C)(O)CNCC(O)COCc1ccccc1. The summed E-state index contributed by atoms with van der Waals surface area (Å²) in [5.74, 6) is 0. The first-order valence-corrected chi connectivity index (χ1v) is 7.26. The first-order valence-electron chi connectivity index (χ1n) is 7.26. The van der Waals surface area contributed by atoms with Gasteiger partial charge in [-0.1, -0.05) is 43.7 Å². The molecule has 1 aromatic rings. The number of ether oxygens (including phenoxy) is 1. The molecule has 0 aliphatic carbocycles. The van der Waals surface area contributed by atoms with E-state index in [-0.39, 0.29) is 6.61 Å². The summed E-state index contributed by atoms with van der Waals surface area (Å²) in [5, 5.41) is 22.8. The molecule has 0 fully saturated rings. The van der Waals surface area contributed by atoms with Crippen molar-refractivity contribution in [3.8, 4) is 0 Å². The molecule has 0 aromatic heterocycles. The van der Waals surface area contributed by atoms with Crippen LogP contribution in [0.2, 0.25) is 0 Å². The minimum atomic E-state index is -0.709. The van der Waals surface area contributed by atoms with E-state index in [2.05, 4.69) is 5.32 Å². The lowest BCUT2D eigenvalue weighted by molar-refractivity contribution is 0.0188. The molecule has 0 radical (unpaired) electrons. The van der Waals surface area contributed by atoms with Crippen molar-refractivity contribution in [1.82, 2.24) is 5.32 Å². The number of nitrogens with one attached hydrogen (secondary N) is 1. The average molecular weight is 281 g/mol. The van der Waals surface area contributed by atoms with Gasteiger partial charge in [0.2, 0.25) is 0 Å². The molecule has 4 heteroatoms. The quantitative estimate of drug-likeness (QED) is 0.611. The van der Waals surface area contributed by atoms with Crippen LogP contribution in [0.3, 0.4) is 0 Å². The highest BCUT2D eigenvalue weighted by Gasteiger charge is 2.18. The lowest BCUT2D eigenvalue weighted by Crippen LogP contribution is -2.41. The topological polar surface area (TPSA) is 61.7 Å². The van der Waals surface area contributed by atoms with E-state index in [1.54, 1.807) is 0 Å². The van der Waals surface area contributed by atoms with Gasteiger partial charge in [0.15, 0.2) is 0 Å². The van der Waals surface area contributed by atoms with Gasteiger partial charge >= 0.3 is 0 Å². The lowest BCUT2D eigenvalue weighted by Gasteiger charge is -2.23. The maximum absolute atomic E-state index is 9.98. The Bertz CT molecular complexity index is 354. The van der Waals surface area contributed by atoms with E-state index < -0.39 is 11.7 Å². The zero-order valence-corrected chi connectivity index (χ0v) is 12.5. The second-order valence-electron chi connectivity index (χ2n) is 5.53. The predicted octanol–water partition coefficient (Wildman–Crippen LogP) is 1.70. The van der Waals surface area contributed by atoms with Crippen LogP contribution in [0.15, 0.2) is 30.3 Å². The van der Waals surface area contributed by atoms with E-state index in [0.29, 0.717) is 19.7 Å². The van der Waals surface area contributed by atoms with Gasteiger partial charge in [0.05, 0.1) is 24.9 Å². The number of aliphatic hydroxyl groups is 2. The number of benzene rings is 1. The summed E-state index contributed by atoms with van der Waals surface area (Å²) < 4.78 is 5.46. The number of aliphatic hydroxyl groups excluding tert-OH is 1. The Labute approximate surface area is 121 Å². The number of hydrogen-bond donors (Lipinski definition) is 3. The third-order valence-corrected chi connectivity index (χ3v) is 3.10. The van der Waals surface area contributed by atoms with Crippen LogP contribution >= 0.6 is 0 Å². The van der Waals surface area contributed by atoms with Gasteiger partial charge in [-0.15, -0.1) is 0 Å². The summed E-state index contributed by atoms with van der Waals surface area (Å²) >= 11 is 0. The fraction of sp³-hybridized carbons (Fsp3) is 0.625. The molecule has 2 unspecified atom stereocenters. The van der Waals surface area contributed by atoms with Gasteiger partial charge in [0, 0.05) is 13.1 Å². The molecule has 0 bridgehead atoms. The summed E-state index contributed by atoms with van der Waals surface area (Å²) in [6.45, 7) is 5.55. The molecule has 0 aliphatic heterocycles. The fourth-order valence-electron chi connectivity index (χ4n) is 2.08. The van der Waals surface area contributed by atoms with Crippen molar-refractivity contribution in [1.29, 1.82) is 0 Å². The van der Waals surface area contributed by atoms with Crippen molar-refractivity contribution in [2.24, 2.45) is 0 Å². The van der Waals surface area contributed by atoms with Crippen LogP contribution in [-0.4, -0.2) is 41.6 Å². The van der Waals surface area contributed by atoms with Gasteiger partial charge in [-0.05, 0) is 18.9 Å². The Morgan fingerprint density at radius 2 is 2.00 bits per heavy atom. The average Bonchev–Trinajstić information content (AvgIpc) is 2.39. The first-order chi connectivity index (χ1) is 9.53. The Morgan fingerprint density at radius 3 is 2.65 bits per heavy atom. The maximum atomic E-state index is 9.98. The monoisotopic (exact) mass is 281 g/mol. The first kappa shape index (κ1) is 17.1. The van der Waals surface area contributed by atoms with E-state index >= 15 is 0 Å². The summed E-state index contributed by atoms with van der Waals surface area (Å²) in [5.41, 5.74) is 0.387. The van der Waals surface area contributed by atoms with Crippen LogP contribution in [-0.2, 0) is 11.3 Å². The van der Waals surface area contributed by atoms with Crippen molar-refractivity contribution in [3.63, 3.8) is 0 Å². The van der Waals surface area contributed by atoms with Crippen LogP contribution in [0.1, 0.15) is 32.3 Å². The van der Waals surface area contributed by atoms with Gasteiger partial charge < -0.3 is 20.3 Å². The zero-order valence-electron chi connectivity index (χ0n) is 12.5. The van der Waals surface area contributed by atoms with E-state index in [1.807, 2.05) is 44.2 Å². The van der Waals surface area contributed by atoms with Gasteiger partial charge in [-0.2, -0.15) is 0 Å². The minimum absolute atomic E-state index is 0.289. The highest BCUT2D eigenvalue weighted by molar-refractivity contribution is 5.13. The van der Waals surface area contributed by atoms with Gasteiger partial charge in [0.25, 0.3) is 0 Å². The van der Waals surface area contributed by atoms with Crippen LogP contribution in [0, 0.1) is 0 Å². The molecule has 2 atom stereocenters. The van der Waals surface area contributed by atoms with Crippen molar-refractivity contribution in [2.75, 3.05) is 19.7 Å². The molecule has 114 valence electrons. The third kappa shape index (κ3) is 7.60. The van der Waals surface area contributed by atoms with Gasteiger partial charge in [0.1, 0.15) is 0 Å². The van der Waals surface area contributed by atoms with Crippen molar-refractivity contribution in [2.45, 2.75) is 45.0 Å². The van der Waals surface area contributed by atoms with Crippen LogP contribution in [0.4, 0.5) is 0 Å². The predicted molar refractivity (Wildman–Crippen MR) is 80.5 cm³/mol. The molecule has 0 aliphatic rings. The third-order valence-electron chi connectivity index (χ3n) is 3.10. The molecule has 3 N–H and O–H groups in total. The van der Waals surface area contributed by atoms with E-state index in [4.69, 9.17) is 4.74 Å². The zero-order chi connectivity index (χ0) is 14.8. The molecule has 20 heavy (non-hydrogen) atoms.